The second kappa shape index (κ2) is 6.68. The van der Waals surface area contributed by atoms with Crippen molar-refractivity contribution in [2.45, 2.75) is 59.3 Å². The van der Waals surface area contributed by atoms with E-state index in [2.05, 4.69) is 0 Å². The Morgan fingerprint density at radius 3 is 2.37 bits per heavy atom. The average molecular weight is 269 g/mol. The first kappa shape index (κ1) is 15.7. The lowest BCUT2D eigenvalue weighted by molar-refractivity contribution is -0.192. The fourth-order valence-corrected chi connectivity index (χ4v) is 1.82. The molecule has 1 amide bonds. The molecule has 5 heteroatoms. The summed E-state index contributed by atoms with van der Waals surface area (Å²) in [6, 6.07) is 0. The van der Waals surface area contributed by atoms with Crippen LogP contribution in [0.15, 0.2) is 0 Å². The lowest BCUT2D eigenvalue weighted by Gasteiger charge is -2.16. The van der Waals surface area contributed by atoms with Gasteiger partial charge in [0.05, 0.1) is 6.54 Å². The van der Waals surface area contributed by atoms with Crippen LogP contribution in [0.5, 0.6) is 0 Å². The van der Waals surface area contributed by atoms with Crippen molar-refractivity contribution in [3.8, 4) is 0 Å². The van der Waals surface area contributed by atoms with E-state index in [1.54, 1.807) is 0 Å². The molecule has 0 spiro atoms. The number of hydroxylamine groups is 2. The van der Waals surface area contributed by atoms with Gasteiger partial charge < -0.3 is 4.84 Å². The van der Waals surface area contributed by atoms with E-state index in [0.717, 1.165) is 11.5 Å². The van der Waals surface area contributed by atoms with Crippen molar-refractivity contribution in [1.29, 1.82) is 0 Å². The van der Waals surface area contributed by atoms with E-state index >= 15 is 0 Å². The molecular weight excluding hydrogens is 246 g/mol. The Labute approximate surface area is 114 Å². The number of Topliss-reactive ketones (excluding diaryl/α,β-unsaturated/α-hetero) is 1. The summed E-state index contributed by atoms with van der Waals surface area (Å²) in [4.78, 5) is 39.3. The minimum absolute atomic E-state index is 0.128. The summed E-state index contributed by atoms with van der Waals surface area (Å²) in [5, 5.41) is 1.14. The summed E-state index contributed by atoms with van der Waals surface area (Å²) in [6.45, 7) is 6.17. The van der Waals surface area contributed by atoms with Gasteiger partial charge in [-0.25, -0.2) is 4.79 Å². The molecule has 0 saturated carbocycles. The van der Waals surface area contributed by atoms with Gasteiger partial charge in [0.15, 0.2) is 0 Å². The highest BCUT2D eigenvalue weighted by molar-refractivity contribution is 5.83. The monoisotopic (exact) mass is 269 g/mol. The first-order valence-electron chi connectivity index (χ1n) is 6.85. The molecule has 0 unspecified atom stereocenters. The van der Waals surface area contributed by atoms with Crippen molar-refractivity contribution in [2.24, 2.45) is 5.41 Å². The highest BCUT2D eigenvalue weighted by Gasteiger charge is 2.24. The zero-order chi connectivity index (χ0) is 14.5. The molecule has 108 valence electrons. The topological polar surface area (TPSA) is 63.7 Å². The molecule has 1 fully saturated rings. The molecule has 1 aliphatic heterocycles. The number of ketones is 1. The zero-order valence-electron chi connectivity index (χ0n) is 12.0. The number of nitrogens with zero attached hydrogens (tertiary/aromatic N) is 1. The van der Waals surface area contributed by atoms with Crippen molar-refractivity contribution in [3.05, 3.63) is 0 Å². The number of rotatable bonds is 6. The van der Waals surface area contributed by atoms with E-state index in [1.165, 1.54) is 0 Å². The normalized spacial score (nSPS) is 15.7. The van der Waals surface area contributed by atoms with Gasteiger partial charge in [-0.3, -0.25) is 9.59 Å². The first-order chi connectivity index (χ1) is 8.80. The van der Waals surface area contributed by atoms with Crippen LogP contribution in [-0.2, 0) is 19.2 Å². The van der Waals surface area contributed by atoms with Crippen LogP contribution in [0.3, 0.4) is 0 Å². The number of carbonyl (C=O) groups excluding carboxylic acids is 3. The van der Waals surface area contributed by atoms with Gasteiger partial charge in [-0.05, 0) is 19.3 Å². The maximum absolute atomic E-state index is 11.7. The van der Waals surface area contributed by atoms with Gasteiger partial charge in [0.1, 0.15) is 5.78 Å². The van der Waals surface area contributed by atoms with Crippen molar-refractivity contribution in [1.82, 2.24) is 5.06 Å². The molecule has 0 N–H and O–H groups in total. The van der Waals surface area contributed by atoms with Gasteiger partial charge in [-0.2, -0.15) is 5.06 Å². The van der Waals surface area contributed by atoms with Crippen LogP contribution in [0.25, 0.3) is 0 Å². The van der Waals surface area contributed by atoms with Gasteiger partial charge >= 0.3 is 5.97 Å². The molecule has 1 saturated heterocycles. The average Bonchev–Trinajstić information content (AvgIpc) is 2.69. The smallest absolute Gasteiger partial charge is 0.332 e. The van der Waals surface area contributed by atoms with E-state index in [9.17, 15) is 14.4 Å². The predicted molar refractivity (Wildman–Crippen MR) is 70.0 cm³/mol. The molecule has 0 aromatic heterocycles. The summed E-state index contributed by atoms with van der Waals surface area (Å²) in [7, 11) is 0. The Hall–Kier alpha value is -1.39. The van der Waals surface area contributed by atoms with Crippen LogP contribution in [0.4, 0.5) is 0 Å². The fraction of sp³-hybridized carbons (Fsp3) is 0.786. The van der Waals surface area contributed by atoms with Crippen molar-refractivity contribution in [3.63, 3.8) is 0 Å². The molecule has 1 heterocycles. The maximum Gasteiger partial charge on any atom is 0.332 e. The van der Waals surface area contributed by atoms with Crippen molar-refractivity contribution in [2.75, 3.05) is 6.54 Å². The van der Waals surface area contributed by atoms with E-state index in [4.69, 9.17) is 4.84 Å². The maximum atomic E-state index is 11.7. The molecule has 1 aliphatic rings. The third-order valence-corrected chi connectivity index (χ3v) is 3.11. The van der Waals surface area contributed by atoms with Gasteiger partial charge in [0, 0.05) is 24.7 Å². The molecule has 1 rings (SSSR count). The summed E-state index contributed by atoms with van der Waals surface area (Å²) >= 11 is 0. The molecule has 0 atom stereocenters. The van der Waals surface area contributed by atoms with Crippen LogP contribution in [0.2, 0.25) is 0 Å². The third kappa shape index (κ3) is 5.41. The summed E-state index contributed by atoms with van der Waals surface area (Å²) < 4.78 is 0. The third-order valence-electron chi connectivity index (χ3n) is 3.11. The molecule has 0 radical (unpaired) electrons. The van der Waals surface area contributed by atoms with Gasteiger partial charge in [-0.15, -0.1) is 0 Å². The Morgan fingerprint density at radius 1 is 1.21 bits per heavy atom. The second-order valence-electron chi connectivity index (χ2n) is 5.94. The number of unbranched alkanes of at least 4 members (excludes halogenated alkanes) is 1. The quantitative estimate of drug-likeness (QED) is 0.694. The van der Waals surface area contributed by atoms with Crippen LogP contribution in [0, 0.1) is 5.41 Å². The molecule has 0 aromatic carbocycles. The van der Waals surface area contributed by atoms with Crippen molar-refractivity contribution >= 4 is 17.7 Å². The second-order valence-corrected chi connectivity index (χ2v) is 5.94. The Balaban J connectivity index is 2.14. The summed E-state index contributed by atoms with van der Waals surface area (Å²) in [5.74, 6) is -0.315. The van der Waals surface area contributed by atoms with Gasteiger partial charge in [-0.1, -0.05) is 20.8 Å². The Bertz CT molecular complexity index is 357. The highest BCUT2D eigenvalue weighted by atomic mass is 16.7. The summed E-state index contributed by atoms with van der Waals surface area (Å²) in [6.07, 6.45) is 3.22. The number of hydrogen-bond donors (Lipinski definition) is 0. The van der Waals surface area contributed by atoms with Crippen LogP contribution < -0.4 is 0 Å². The Kier molecular flexibility index (Phi) is 5.51. The minimum Gasteiger partial charge on any atom is -0.338 e. The number of hydrogen-bond acceptors (Lipinski definition) is 4. The zero-order valence-corrected chi connectivity index (χ0v) is 12.0. The van der Waals surface area contributed by atoms with Gasteiger partial charge in [0.25, 0.3) is 5.91 Å². The van der Waals surface area contributed by atoms with Crippen LogP contribution in [0.1, 0.15) is 59.3 Å². The van der Waals surface area contributed by atoms with E-state index in [0.29, 0.717) is 32.2 Å². The molecule has 0 bridgehead atoms. The highest BCUT2D eigenvalue weighted by Crippen LogP contribution is 2.19. The number of amides is 1. The van der Waals surface area contributed by atoms with Crippen LogP contribution in [-0.4, -0.2) is 29.3 Å². The SMILES string of the molecule is CC(C)(C)C(=O)CCCCC(=O)ON1CCCC1=O. The lowest BCUT2D eigenvalue weighted by atomic mass is 9.88. The van der Waals surface area contributed by atoms with E-state index in [1.807, 2.05) is 20.8 Å². The lowest BCUT2D eigenvalue weighted by Crippen LogP contribution is -2.28. The fourth-order valence-electron chi connectivity index (χ4n) is 1.82. The standard InChI is InChI=1S/C14H23NO4/c1-14(2,3)11(16)7-4-5-9-13(18)19-15-10-6-8-12(15)17/h4-10H2,1-3H3. The van der Waals surface area contributed by atoms with Crippen LogP contribution >= 0.6 is 0 Å². The molecular formula is C14H23NO4. The van der Waals surface area contributed by atoms with Crippen molar-refractivity contribution < 1.29 is 19.2 Å². The molecule has 0 aliphatic carbocycles. The largest absolute Gasteiger partial charge is 0.338 e. The van der Waals surface area contributed by atoms with E-state index in [-0.39, 0.29) is 23.5 Å². The molecule has 0 aromatic rings. The molecule has 19 heavy (non-hydrogen) atoms. The Morgan fingerprint density at radius 2 is 1.84 bits per heavy atom. The van der Waals surface area contributed by atoms with Gasteiger partial charge in [0.2, 0.25) is 0 Å². The first-order valence-corrected chi connectivity index (χ1v) is 6.85. The molecule has 5 nitrogen and oxygen atoms in total. The summed E-state index contributed by atoms with van der Waals surface area (Å²) in [5.41, 5.74) is -0.317. The van der Waals surface area contributed by atoms with E-state index < -0.39 is 5.97 Å². The minimum atomic E-state index is -0.390. The number of carbonyl (C=O) groups is 3. The predicted octanol–water partition coefficient (Wildman–Crippen LogP) is 2.24.